The van der Waals surface area contributed by atoms with E-state index in [1.54, 1.807) is 25.3 Å². The van der Waals surface area contributed by atoms with Gasteiger partial charge in [-0.3, -0.25) is 0 Å². The highest BCUT2D eigenvalue weighted by atomic mass is 32.2. The normalized spacial score (nSPS) is 20.2. The molecule has 0 radical (unpaired) electrons. The number of hydrogen-bond donors (Lipinski definition) is 0. The molecule has 20 heteroatoms. The molecule has 3 heterocycles. The van der Waals surface area contributed by atoms with Gasteiger partial charge < -0.3 is 51.1 Å². The lowest BCUT2D eigenvalue weighted by molar-refractivity contribution is -0.0499. The Labute approximate surface area is 377 Å². The molecule has 7 rings (SSSR count). The van der Waals surface area contributed by atoms with E-state index in [0.717, 1.165) is 28.1 Å². The summed E-state index contributed by atoms with van der Waals surface area (Å²) in [6.45, 7) is 24.5. The van der Waals surface area contributed by atoms with Gasteiger partial charge in [0.1, 0.15) is 11.5 Å². The molecular formula is C44H62B3F3O13S. The van der Waals surface area contributed by atoms with Crippen molar-refractivity contribution in [2.24, 2.45) is 0 Å². The molecule has 13 nitrogen and oxygen atoms in total. The molecule has 3 aliphatic heterocycles. The molecule has 4 aromatic rings. The summed E-state index contributed by atoms with van der Waals surface area (Å²) in [5.74, 6) is 0.393. The highest BCUT2D eigenvalue weighted by molar-refractivity contribution is 7.88. The van der Waals surface area contributed by atoms with Crippen LogP contribution in [0.3, 0.4) is 0 Å². The van der Waals surface area contributed by atoms with Gasteiger partial charge in [-0.15, -0.1) is 0 Å². The predicted molar refractivity (Wildman–Crippen MR) is 243 cm³/mol. The van der Waals surface area contributed by atoms with E-state index in [2.05, 4.69) is 44.0 Å². The number of ether oxygens (including phenoxy) is 4. The standard InChI is InChI=1S/C18H23BO4.C13H11F3O5S.C12H24B2O4.CH4/c1-17(2)18(3,4)23-19(22-17)16-11-14(21-12-20-5)10-13-8-6-7-9-15(13)16;1-19-8-20-10-6-9-4-2-3-5-11(9)12(7-10)21-22(17,18)13(14,15)16;1-9(2)10(3,4)16-13(15-9)14-17-11(5,6)12(7,8)18-14;/h6-11H,12H2,1-5H3;2-7H,8H2,1H3;1-8H3;1H4. The van der Waals surface area contributed by atoms with Crippen molar-refractivity contribution in [1.82, 2.24) is 0 Å². The van der Waals surface area contributed by atoms with Gasteiger partial charge in [0.15, 0.2) is 19.3 Å². The third-order valence-electron chi connectivity index (χ3n) is 12.1. The van der Waals surface area contributed by atoms with Crippen molar-refractivity contribution in [1.29, 1.82) is 0 Å². The SMILES string of the molecule is C.CC1(C)OB(B2OC(C)(C)C(C)(C)O2)OC1(C)C.COCOc1cc(B2OC(C)(C)C(C)(C)O2)c2ccccc2c1.COCOc1cc(OS(=O)(=O)C(F)(F)F)c2ccccc2c1. The lowest BCUT2D eigenvalue weighted by Crippen LogP contribution is -2.41. The average molecular weight is 920 g/mol. The van der Waals surface area contributed by atoms with Crippen LogP contribution in [-0.4, -0.2) is 96.5 Å². The van der Waals surface area contributed by atoms with Crippen molar-refractivity contribution < 1.29 is 72.6 Å². The Morgan fingerprint density at radius 1 is 0.547 bits per heavy atom. The van der Waals surface area contributed by atoms with Crippen molar-refractivity contribution in [2.45, 2.75) is 130 Å². The summed E-state index contributed by atoms with van der Waals surface area (Å²) in [7, 11) is -4.16. The number of rotatable bonds is 10. The summed E-state index contributed by atoms with van der Waals surface area (Å²) < 4.78 is 121. The van der Waals surface area contributed by atoms with E-state index in [4.69, 9.17) is 46.9 Å². The van der Waals surface area contributed by atoms with Crippen LogP contribution in [-0.2, 0) is 47.5 Å². The first-order valence-corrected chi connectivity index (χ1v) is 21.7. The number of fused-ring (bicyclic) bond motifs is 2. The van der Waals surface area contributed by atoms with Gasteiger partial charge in [-0.1, -0.05) is 56.0 Å². The van der Waals surface area contributed by atoms with Crippen LogP contribution in [0, 0.1) is 0 Å². The lowest BCUT2D eigenvalue weighted by atomic mass is 9.49. The van der Waals surface area contributed by atoms with E-state index in [9.17, 15) is 21.6 Å². The fraction of sp³-hybridized carbons (Fsp3) is 0.545. The van der Waals surface area contributed by atoms with Crippen molar-refractivity contribution in [3.63, 3.8) is 0 Å². The Morgan fingerprint density at radius 2 is 0.906 bits per heavy atom. The molecule has 0 aromatic heterocycles. The molecule has 0 atom stereocenters. The van der Waals surface area contributed by atoms with E-state index in [1.165, 1.54) is 19.2 Å². The first-order valence-electron chi connectivity index (χ1n) is 20.3. The maximum Gasteiger partial charge on any atom is 0.534 e. The summed E-state index contributed by atoms with van der Waals surface area (Å²) >= 11 is 0. The van der Waals surface area contributed by atoms with Gasteiger partial charge in [0.25, 0.3) is 0 Å². The van der Waals surface area contributed by atoms with Crippen LogP contribution < -0.4 is 19.1 Å². The number of halogens is 3. The second-order valence-electron chi connectivity index (χ2n) is 18.3. The van der Waals surface area contributed by atoms with Gasteiger partial charge in [-0.25, -0.2) is 0 Å². The van der Waals surface area contributed by atoms with Crippen LogP contribution >= 0.6 is 0 Å². The minimum Gasteiger partial charge on any atom is -0.468 e. The maximum atomic E-state index is 12.5. The minimum atomic E-state index is -5.77. The van der Waals surface area contributed by atoms with E-state index in [1.807, 2.05) is 79.7 Å². The number of alkyl halides is 3. The topological polar surface area (TPSA) is 136 Å². The smallest absolute Gasteiger partial charge is 0.468 e. The average Bonchev–Trinajstić information content (AvgIpc) is 3.65. The number of benzene rings is 4. The summed E-state index contributed by atoms with van der Waals surface area (Å²) in [6.07, 6.45) is 0. The highest BCUT2D eigenvalue weighted by Crippen LogP contribution is 2.43. The largest absolute Gasteiger partial charge is 0.534 e. The third-order valence-corrected chi connectivity index (χ3v) is 13.1. The summed E-state index contributed by atoms with van der Waals surface area (Å²) in [6, 6.07) is 21.0. The van der Waals surface area contributed by atoms with Crippen LogP contribution in [0.4, 0.5) is 13.2 Å². The van der Waals surface area contributed by atoms with Crippen molar-refractivity contribution >= 4 is 58.3 Å². The van der Waals surface area contributed by atoms with E-state index >= 15 is 0 Å². The fourth-order valence-electron chi connectivity index (χ4n) is 6.38. The van der Waals surface area contributed by atoms with Gasteiger partial charge in [-0.05, 0) is 123 Å². The predicted octanol–water partition coefficient (Wildman–Crippen LogP) is 9.06. The summed E-state index contributed by atoms with van der Waals surface area (Å²) in [5, 5.41) is 2.87. The fourth-order valence-corrected chi connectivity index (χ4v) is 6.85. The Hall–Kier alpha value is -3.59. The molecule has 3 fully saturated rings. The molecule has 352 valence electrons. The summed E-state index contributed by atoms with van der Waals surface area (Å²) in [4.78, 5) is 0. The van der Waals surface area contributed by atoms with Crippen LogP contribution in [0.1, 0.15) is 90.5 Å². The first kappa shape index (κ1) is 53.0. The van der Waals surface area contributed by atoms with E-state index in [-0.39, 0.29) is 65.8 Å². The molecule has 0 aliphatic carbocycles. The Balaban J connectivity index is 0.000000210. The molecule has 0 spiro atoms. The van der Waals surface area contributed by atoms with Crippen LogP contribution in [0.2, 0.25) is 0 Å². The lowest BCUT2D eigenvalue weighted by Gasteiger charge is -2.32. The van der Waals surface area contributed by atoms with Crippen molar-refractivity contribution in [2.75, 3.05) is 27.8 Å². The van der Waals surface area contributed by atoms with Gasteiger partial charge in [0, 0.05) is 25.7 Å². The summed E-state index contributed by atoms with van der Waals surface area (Å²) in [5.41, 5.74) is -6.72. The Bertz CT molecular complexity index is 2260. The molecule has 0 unspecified atom stereocenters. The Kier molecular flexibility index (Phi) is 16.0. The van der Waals surface area contributed by atoms with Gasteiger partial charge in [-0.2, -0.15) is 21.6 Å². The molecule has 3 saturated heterocycles. The third kappa shape index (κ3) is 11.5. The van der Waals surface area contributed by atoms with Gasteiger partial charge in [0.05, 0.1) is 33.6 Å². The first-order chi connectivity index (χ1) is 29.0. The molecule has 64 heavy (non-hydrogen) atoms. The molecule has 0 amide bonds. The maximum absolute atomic E-state index is 12.5. The number of hydrogen-bond acceptors (Lipinski definition) is 13. The van der Waals surface area contributed by atoms with Gasteiger partial charge in [0.2, 0.25) is 0 Å². The minimum absolute atomic E-state index is 0. The molecule has 4 aromatic carbocycles. The monoisotopic (exact) mass is 920 g/mol. The molecule has 0 bridgehead atoms. The second kappa shape index (κ2) is 19.3. The van der Waals surface area contributed by atoms with Gasteiger partial charge >= 0.3 is 36.8 Å². The van der Waals surface area contributed by atoms with Crippen LogP contribution in [0.15, 0.2) is 72.8 Å². The van der Waals surface area contributed by atoms with E-state index < -0.39 is 42.5 Å². The van der Waals surface area contributed by atoms with E-state index in [0.29, 0.717) is 5.39 Å². The second-order valence-corrected chi connectivity index (χ2v) is 19.8. The zero-order chi connectivity index (χ0) is 47.0. The highest BCUT2D eigenvalue weighted by Gasteiger charge is 2.64. The zero-order valence-electron chi connectivity index (χ0n) is 38.4. The van der Waals surface area contributed by atoms with Crippen molar-refractivity contribution in [3.8, 4) is 17.2 Å². The Morgan fingerprint density at radius 3 is 1.31 bits per heavy atom. The zero-order valence-corrected chi connectivity index (χ0v) is 39.2. The molecular weight excluding hydrogens is 858 g/mol. The molecule has 0 N–H and O–H groups in total. The van der Waals surface area contributed by atoms with Crippen LogP contribution in [0.5, 0.6) is 17.2 Å². The molecule has 0 saturated carbocycles. The van der Waals surface area contributed by atoms with Crippen molar-refractivity contribution in [3.05, 3.63) is 72.8 Å². The quantitative estimate of drug-likeness (QED) is 0.0649. The molecule has 3 aliphatic rings. The number of methoxy groups -OCH3 is 2. The van der Waals surface area contributed by atoms with Crippen LogP contribution in [0.25, 0.3) is 21.5 Å².